The van der Waals surface area contributed by atoms with Gasteiger partial charge in [0.15, 0.2) is 5.75 Å². The van der Waals surface area contributed by atoms with Crippen molar-refractivity contribution in [2.24, 2.45) is 5.10 Å². The van der Waals surface area contributed by atoms with E-state index in [1.165, 1.54) is 24.4 Å². The number of rotatable bonds is 8. The summed E-state index contributed by atoms with van der Waals surface area (Å²) in [5.74, 6) is 0.270. The maximum atomic E-state index is 12.6. The second-order valence-electron chi connectivity index (χ2n) is 6.82. The molecule has 3 aromatic rings. The third-order valence-corrected chi connectivity index (χ3v) is 5.98. The Morgan fingerprint density at radius 1 is 1.09 bits per heavy atom. The summed E-state index contributed by atoms with van der Waals surface area (Å²) >= 11 is 6.21. The van der Waals surface area contributed by atoms with Crippen LogP contribution in [-0.2, 0) is 21.3 Å². The van der Waals surface area contributed by atoms with Crippen molar-refractivity contribution in [1.29, 1.82) is 0 Å². The normalized spacial score (nSPS) is 11.3. The average Bonchev–Trinajstić information content (AvgIpc) is 2.76. The van der Waals surface area contributed by atoms with E-state index in [2.05, 4.69) is 10.5 Å². The first-order valence-corrected chi connectivity index (χ1v) is 11.3. The summed E-state index contributed by atoms with van der Waals surface area (Å²) in [6.07, 6.45) is 1.33. The van der Waals surface area contributed by atoms with Gasteiger partial charge >= 0.3 is 10.1 Å². The van der Waals surface area contributed by atoms with Crippen molar-refractivity contribution in [3.63, 3.8) is 0 Å². The Balaban J connectivity index is 1.73. The summed E-state index contributed by atoms with van der Waals surface area (Å²) < 4.78 is 35.7. The number of ether oxygens (including phenoxy) is 1. The lowest BCUT2D eigenvalue weighted by Gasteiger charge is -2.10. The van der Waals surface area contributed by atoms with Crippen LogP contribution in [0, 0.1) is 6.92 Å². The van der Waals surface area contributed by atoms with Crippen LogP contribution in [0.25, 0.3) is 0 Å². The third-order valence-electron chi connectivity index (χ3n) is 4.40. The Kier molecular flexibility index (Phi) is 7.50. The Morgan fingerprint density at radius 3 is 2.53 bits per heavy atom. The Hall–Kier alpha value is -3.36. The molecule has 0 fully saturated rings. The molecule has 0 saturated heterocycles. The first-order valence-electron chi connectivity index (χ1n) is 9.53. The van der Waals surface area contributed by atoms with E-state index in [1.807, 2.05) is 6.92 Å². The number of carbonyl (C=O) groups excluding carboxylic acids is 1. The van der Waals surface area contributed by atoms with Gasteiger partial charge in [-0.1, -0.05) is 47.5 Å². The molecule has 0 aromatic heterocycles. The zero-order chi connectivity index (χ0) is 23.1. The summed E-state index contributed by atoms with van der Waals surface area (Å²) in [6.45, 7) is 1.85. The zero-order valence-electron chi connectivity index (χ0n) is 17.4. The number of benzene rings is 3. The molecule has 7 nitrogen and oxygen atoms in total. The van der Waals surface area contributed by atoms with Gasteiger partial charge in [0.1, 0.15) is 10.6 Å². The second kappa shape index (κ2) is 10.3. The van der Waals surface area contributed by atoms with Crippen molar-refractivity contribution in [1.82, 2.24) is 5.43 Å². The molecule has 3 aromatic carbocycles. The van der Waals surface area contributed by atoms with Crippen LogP contribution in [0.3, 0.4) is 0 Å². The number of hydrogen-bond acceptors (Lipinski definition) is 6. The Morgan fingerprint density at radius 2 is 1.81 bits per heavy atom. The monoisotopic (exact) mass is 472 g/mol. The van der Waals surface area contributed by atoms with Gasteiger partial charge in [-0.25, -0.2) is 5.43 Å². The van der Waals surface area contributed by atoms with Crippen LogP contribution in [0.4, 0.5) is 0 Å². The van der Waals surface area contributed by atoms with Gasteiger partial charge in [-0.15, -0.1) is 0 Å². The van der Waals surface area contributed by atoms with Gasteiger partial charge < -0.3 is 8.92 Å². The summed E-state index contributed by atoms with van der Waals surface area (Å²) in [4.78, 5) is 12.2. The van der Waals surface area contributed by atoms with Crippen LogP contribution < -0.4 is 14.3 Å². The number of nitrogens with one attached hydrogen (secondary N) is 1. The average molecular weight is 473 g/mol. The molecule has 0 aliphatic carbocycles. The fourth-order valence-corrected chi connectivity index (χ4v) is 3.92. The smallest absolute Gasteiger partial charge is 0.339 e. The predicted molar refractivity (Wildman–Crippen MR) is 123 cm³/mol. The van der Waals surface area contributed by atoms with Crippen LogP contribution >= 0.6 is 11.6 Å². The molecule has 1 N–H and O–H groups in total. The van der Waals surface area contributed by atoms with E-state index in [9.17, 15) is 13.2 Å². The zero-order valence-corrected chi connectivity index (χ0v) is 19.0. The highest BCUT2D eigenvalue weighted by atomic mass is 35.5. The maximum Gasteiger partial charge on any atom is 0.339 e. The molecule has 0 heterocycles. The SMILES string of the molecule is COc1cccc(CC(=O)N/N=C/c2c(Cl)cccc2OS(=O)(=O)c2ccc(C)cc2)c1. The fourth-order valence-electron chi connectivity index (χ4n) is 2.76. The van der Waals surface area contributed by atoms with Crippen molar-refractivity contribution in [3.8, 4) is 11.5 Å². The van der Waals surface area contributed by atoms with Gasteiger partial charge in [-0.2, -0.15) is 13.5 Å². The van der Waals surface area contributed by atoms with Crippen molar-refractivity contribution < 1.29 is 22.1 Å². The molecule has 0 unspecified atom stereocenters. The lowest BCUT2D eigenvalue weighted by atomic mass is 10.1. The number of halogens is 1. The van der Waals surface area contributed by atoms with Gasteiger partial charge in [0, 0.05) is 0 Å². The molecule has 0 radical (unpaired) electrons. The molecule has 0 aliphatic heterocycles. The molecule has 0 aliphatic rings. The largest absolute Gasteiger partial charge is 0.497 e. The van der Waals surface area contributed by atoms with Gasteiger partial charge in [0.25, 0.3) is 0 Å². The van der Waals surface area contributed by atoms with Crippen molar-refractivity contribution in [2.45, 2.75) is 18.2 Å². The van der Waals surface area contributed by atoms with E-state index in [4.69, 9.17) is 20.5 Å². The van der Waals surface area contributed by atoms with Gasteiger partial charge in [0.05, 0.1) is 30.3 Å². The van der Waals surface area contributed by atoms with Gasteiger partial charge in [0.2, 0.25) is 5.91 Å². The molecular weight excluding hydrogens is 452 g/mol. The summed E-state index contributed by atoms with van der Waals surface area (Å²) in [6, 6.07) is 18.0. The van der Waals surface area contributed by atoms with E-state index in [0.29, 0.717) is 5.75 Å². The standard InChI is InChI=1S/C23H21ClN2O5S/c1-16-9-11-19(12-10-16)32(28,29)31-22-8-4-7-21(24)20(22)15-25-26-23(27)14-17-5-3-6-18(13-17)30-2/h3-13,15H,14H2,1-2H3,(H,26,27)/b25-15+. The Labute approximate surface area is 191 Å². The fraction of sp³-hybridized carbons (Fsp3) is 0.130. The van der Waals surface area contributed by atoms with Crippen molar-refractivity contribution in [2.75, 3.05) is 7.11 Å². The molecule has 9 heteroatoms. The van der Waals surface area contributed by atoms with Crippen LogP contribution in [0.2, 0.25) is 5.02 Å². The summed E-state index contributed by atoms with van der Waals surface area (Å²) in [7, 11) is -2.53. The summed E-state index contributed by atoms with van der Waals surface area (Å²) in [5.41, 5.74) is 4.29. The number of methoxy groups -OCH3 is 1. The van der Waals surface area contributed by atoms with E-state index in [0.717, 1.165) is 11.1 Å². The molecular formula is C23H21ClN2O5S. The highest BCUT2D eigenvalue weighted by molar-refractivity contribution is 7.87. The van der Waals surface area contributed by atoms with Crippen LogP contribution in [0.1, 0.15) is 16.7 Å². The van der Waals surface area contributed by atoms with E-state index in [1.54, 1.807) is 55.6 Å². The van der Waals surface area contributed by atoms with Gasteiger partial charge in [-0.3, -0.25) is 4.79 Å². The van der Waals surface area contributed by atoms with E-state index in [-0.39, 0.29) is 33.6 Å². The van der Waals surface area contributed by atoms with Crippen molar-refractivity contribution >= 4 is 33.8 Å². The number of hydrogen-bond donors (Lipinski definition) is 1. The number of carbonyl (C=O) groups is 1. The van der Waals surface area contributed by atoms with Crippen LogP contribution in [-0.4, -0.2) is 27.6 Å². The predicted octanol–water partition coefficient (Wildman–Crippen LogP) is 4.12. The highest BCUT2D eigenvalue weighted by Crippen LogP contribution is 2.27. The molecule has 1 amide bonds. The minimum Gasteiger partial charge on any atom is -0.497 e. The number of aryl methyl sites for hydroxylation is 1. The minimum atomic E-state index is -4.08. The van der Waals surface area contributed by atoms with E-state index < -0.39 is 10.1 Å². The number of hydrazone groups is 1. The molecule has 0 saturated carbocycles. The molecule has 0 bridgehead atoms. The molecule has 32 heavy (non-hydrogen) atoms. The first kappa shape index (κ1) is 23.3. The highest BCUT2D eigenvalue weighted by Gasteiger charge is 2.19. The number of amides is 1. The second-order valence-corrected chi connectivity index (χ2v) is 8.78. The lowest BCUT2D eigenvalue weighted by Crippen LogP contribution is -2.20. The minimum absolute atomic E-state index is 0.0103. The molecule has 3 rings (SSSR count). The quantitative estimate of drug-likeness (QED) is 0.302. The first-order chi connectivity index (χ1) is 15.3. The molecule has 0 atom stereocenters. The van der Waals surface area contributed by atoms with Crippen LogP contribution in [0.15, 0.2) is 76.7 Å². The van der Waals surface area contributed by atoms with E-state index >= 15 is 0 Å². The van der Waals surface area contributed by atoms with Crippen molar-refractivity contribution in [3.05, 3.63) is 88.4 Å². The lowest BCUT2D eigenvalue weighted by molar-refractivity contribution is -0.120. The summed E-state index contributed by atoms with van der Waals surface area (Å²) in [5, 5.41) is 4.12. The molecule has 0 spiro atoms. The Bertz CT molecular complexity index is 1240. The van der Waals surface area contributed by atoms with Gasteiger partial charge in [-0.05, 0) is 48.9 Å². The topological polar surface area (TPSA) is 94.1 Å². The maximum absolute atomic E-state index is 12.6. The van der Waals surface area contributed by atoms with Crippen LogP contribution in [0.5, 0.6) is 11.5 Å². The molecule has 166 valence electrons. The number of nitrogens with zero attached hydrogens (tertiary/aromatic N) is 1. The third kappa shape index (κ3) is 6.09.